The van der Waals surface area contributed by atoms with Crippen molar-refractivity contribution in [1.29, 1.82) is 0 Å². The number of fused-ring (bicyclic) bond motifs is 1. The number of halogens is 2. The summed E-state index contributed by atoms with van der Waals surface area (Å²) in [5.41, 5.74) is 0.696. The highest BCUT2D eigenvalue weighted by atomic mass is 35.5. The predicted molar refractivity (Wildman–Crippen MR) is 106 cm³/mol. The summed E-state index contributed by atoms with van der Waals surface area (Å²) in [4.78, 5) is 11.1. The topological polar surface area (TPSA) is 75.2 Å². The summed E-state index contributed by atoms with van der Waals surface area (Å²) in [6.45, 7) is 1.67. The maximum Gasteiger partial charge on any atom is 0.241 e. The van der Waals surface area contributed by atoms with Crippen LogP contribution in [0.5, 0.6) is 0 Å². The smallest absolute Gasteiger partial charge is 0.241 e. The highest BCUT2D eigenvalue weighted by molar-refractivity contribution is 7.89. The van der Waals surface area contributed by atoms with Gasteiger partial charge in [-0.1, -0.05) is 17.7 Å². The second kappa shape index (κ2) is 7.62. The van der Waals surface area contributed by atoms with E-state index >= 15 is 0 Å². The molecule has 1 N–H and O–H groups in total. The lowest BCUT2D eigenvalue weighted by molar-refractivity contribution is 0.575. The van der Waals surface area contributed by atoms with Crippen molar-refractivity contribution in [2.45, 2.75) is 24.3 Å². The van der Waals surface area contributed by atoms with E-state index in [0.717, 1.165) is 43.2 Å². The third-order valence-electron chi connectivity index (χ3n) is 4.62. The van der Waals surface area contributed by atoms with Crippen LogP contribution in [0.2, 0.25) is 5.02 Å². The Kier molecular flexibility index (Phi) is 5.18. The Morgan fingerprint density at radius 3 is 2.64 bits per heavy atom. The van der Waals surface area contributed by atoms with Crippen LogP contribution in [-0.2, 0) is 16.6 Å². The number of aromatic nitrogens is 2. The summed E-state index contributed by atoms with van der Waals surface area (Å²) < 4.78 is 40.7. The Morgan fingerprint density at radius 2 is 1.89 bits per heavy atom. The van der Waals surface area contributed by atoms with Gasteiger partial charge in [-0.15, -0.1) is 0 Å². The molecular formula is C19H18ClFN4O2S. The Balaban J connectivity index is 1.66. The van der Waals surface area contributed by atoms with Crippen LogP contribution in [0.3, 0.4) is 0 Å². The molecule has 2 heterocycles. The van der Waals surface area contributed by atoms with E-state index in [1.54, 1.807) is 12.1 Å². The molecule has 0 aliphatic carbocycles. The van der Waals surface area contributed by atoms with E-state index in [1.165, 1.54) is 18.2 Å². The van der Waals surface area contributed by atoms with Crippen LogP contribution in [0, 0.1) is 5.82 Å². The number of hydrogen-bond acceptors (Lipinski definition) is 5. The Hall–Kier alpha value is -2.29. The molecule has 1 aliphatic heterocycles. The van der Waals surface area contributed by atoms with Crippen molar-refractivity contribution < 1.29 is 12.8 Å². The number of anilines is 1. The summed E-state index contributed by atoms with van der Waals surface area (Å²) in [5, 5.41) is 1.43. The molecule has 146 valence electrons. The van der Waals surface area contributed by atoms with E-state index in [9.17, 15) is 12.8 Å². The molecule has 28 heavy (non-hydrogen) atoms. The van der Waals surface area contributed by atoms with Gasteiger partial charge in [-0.3, -0.25) is 0 Å². The van der Waals surface area contributed by atoms with Gasteiger partial charge in [0.1, 0.15) is 17.5 Å². The molecule has 0 spiro atoms. The maximum atomic E-state index is 13.4. The van der Waals surface area contributed by atoms with Crippen LogP contribution in [0.4, 0.5) is 10.2 Å². The molecule has 0 atom stereocenters. The lowest BCUT2D eigenvalue weighted by Gasteiger charge is -2.19. The Morgan fingerprint density at radius 1 is 1.11 bits per heavy atom. The molecule has 1 saturated heterocycles. The molecule has 1 aliphatic rings. The van der Waals surface area contributed by atoms with Crippen molar-refractivity contribution in [2.24, 2.45) is 0 Å². The number of benzene rings is 2. The zero-order chi connectivity index (χ0) is 19.7. The average Bonchev–Trinajstić information content (AvgIpc) is 3.20. The first-order chi connectivity index (χ1) is 13.4. The van der Waals surface area contributed by atoms with Gasteiger partial charge in [0.25, 0.3) is 0 Å². The molecule has 1 aromatic heterocycles. The highest BCUT2D eigenvalue weighted by Gasteiger charge is 2.20. The van der Waals surface area contributed by atoms with Crippen molar-refractivity contribution in [3.63, 3.8) is 0 Å². The molecule has 9 heteroatoms. The third kappa shape index (κ3) is 3.94. The summed E-state index contributed by atoms with van der Waals surface area (Å²) in [6.07, 6.45) is 2.15. The summed E-state index contributed by atoms with van der Waals surface area (Å²) in [6, 6.07) is 10.2. The Bertz CT molecular complexity index is 1130. The molecule has 0 saturated carbocycles. The zero-order valence-electron chi connectivity index (χ0n) is 14.9. The SMILES string of the molecule is O=S(=O)(NCc1nc(N2CCCC2)c2cc(Cl)ccc2n1)c1cccc(F)c1. The second-order valence-corrected chi connectivity index (χ2v) is 8.80. The van der Waals surface area contributed by atoms with Gasteiger partial charge in [0.05, 0.1) is 17.0 Å². The van der Waals surface area contributed by atoms with Gasteiger partial charge in [0.2, 0.25) is 10.0 Å². The van der Waals surface area contributed by atoms with Crippen molar-refractivity contribution in [2.75, 3.05) is 18.0 Å². The van der Waals surface area contributed by atoms with E-state index < -0.39 is 15.8 Å². The minimum absolute atomic E-state index is 0.0990. The number of nitrogens with zero attached hydrogens (tertiary/aromatic N) is 3. The first-order valence-corrected chi connectivity index (χ1v) is 10.7. The van der Waals surface area contributed by atoms with Crippen molar-refractivity contribution in [1.82, 2.24) is 14.7 Å². The third-order valence-corrected chi connectivity index (χ3v) is 6.25. The van der Waals surface area contributed by atoms with E-state index in [2.05, 4.69) is 19.6 Å². The molecule has 2 aromatic carbocycles. The fraction of sp³-hybridized carbons (Fsp3) is 0.263. The normalized spacial score (nSPS) is 14.7. The van der Waals surface area contributed by atoms with E-state index in [0.29, 0.717) is 16.4 Å². The predicted octanol–water partition coefficient (Wildman–Crippen LogP) is 3.50. The molecule has 0 bridgehead atoms. The van der Waals surface area contributed by atoms with Gasteiger partial charge >= 0.3 is 0 Å². The van der Waals surface area contributed by atoms with Crippen molar-refractivity contribution in [3.05, 3.63) is 59.1 Å². The molecule has 3 aromatic rings. The number of sulfonamides is 1. The molecule has 6 nitrogen and oxygen atoms in total. The molecule has 1 fully saturated rings. The van der Waals surface area contributed by atoms with Gasteiger partial charge < -0.3 is 4.90 Å². The van der Waals surface area contributed by atoms with Crippen LogP contribution < -0.4 is 9.62 Å². The van der Waals surface area contributed by atoms with E-state index in [4.69, 9.17) is 11.6 Å². The van der Waals surface area contributed by atoms with Gasteiger partial charge in [-0.05, 0) is 49.2 Å². The molecule has 4 rings (SSSR count). The quantitative estimate of drug-likeness (QED) is 0.683. The summed E-state index contributed by atoms with van der Waals surface area (Å²) in [5.74, 6) is 0.486. The largest absolute Gasteiger partial charge is 0.356 e. The molecule has 0 amide bonds. The van der Waals surface area contributed by atoms with Gasteiger partial charge in [-0.2, -0.15) is 0 Å². The monoisotopic (exact) mass is 420 g/mol. The minimum Gasteiger partial charge on any atom is -0.356 e. The number of nitrogens with one attached hydrogen (secondary N) is 1. The average molecular weight is 421 g/mol. The molecular weight excluding hydrogens is 403 g/mol. The second-order valence-electron chi connectivity index (χ2n) is 6.60. The standard InChI is InChI=1S/C19H18ClFN4O2S/c20-13-6-7-17-16(10-13)19(25-8-1-2-9-25)24-18(23-17)12-22-28(26,27)15-5-3-4-14(21)11-15/h3-7,10-11,22H,1-2,8-9,12H2. The number of hydrogen-bond donors (Lipinski definition) is 1. The van der Waals surface area contributed by atoms with Gasteiger partial charge in [0, 0.05) is 23.5 Å². The molecule has 0 radical (unpaired) electrons. The Labute approximate surface area is 167 Å². The van der Waals surface area contributed by atoms with Crippen LogP contribution in [-0.4, -0.2) is 31.5 Å². The first kappa shape index (κ1) is 19.0. The number of rotatable bonds is 5. The van der Waals surface area contributed by atoms with Crippen LogP contribution in [0.25, 0.3) is 10.9 Å². The van der Waals surface area contributed by atoms with Gasteiger partial charge in [0.15, 0.2) is 0 Å². The molecule has 0 unspecified atom stereocenters. The minimum atomic E-state index is -3.88. The fourth-order valence-corrected chi connectivity index (χ4v) is 4.44. The van der Waals surface area contributed by atoms with Crippen molar-refractivity contribution in [3.8, 4) is 0 Å². The van der Waals surface area contributed by atoms with Crippen LogP contribution in [0.15, 0.2) is 47.4 Å². The van der Waals surface area contributed by atoms with E-state index in [-0.39, 0.29) is 11.4 Å². The highest BCUT2D eigenvalue weighted by Crippen LogP contribution is 2.29. The van der Waals surface area contributed by atoms with Crippen molar-refractivity contribution >= 4 is 38.3 Å². The lowest BCUT2D eigenvalue weighted by atomic mass is 10.2. The summed E-state index contributed by atoms with van der Waals surface area (Å²) >= 11 is 6.14. The fourth-order valence-electron chi connectivity index (χ4n) is 3.26. The van der Waals surface area contributed by atoms with Crippen LogP contribution in [0.1, 0.15) is 18.7 Å². The zero-order valence-corrected chi connectivity index (χ0v) is 16.5. The van der Waals surface area contributed by atoms with E-state index in [1.807, 2.05) is 6.07 Å². The first-order valence-electron chi connectivity index (χ1n) is 8.89. The van der Waals surface area contributed by atoms with Gasteiger partial charge in [-0.25, -0.2) is 27.5 Å². The van der Waals surface area contributed by atoms with Crippen LogP contribution >= 0.6 is 11.6 Å². The summed E-state index contributed by atoms with van der Waals surface area (Å²) in [7, 11) is -3.88. The lowest BCUT2D eigenvalue weighted by Crippen LogP contribution is -2.26. The maximum absolute atomic E-state index is 13.4.